The number of hydrogen-bond donors (Lipinski definition) is 1. The number of aromatic nitrogens is 2. The highest BCUT2D eigenvalue weighted by molar-refractivity contribution is 7.21. The Labute approximate surface area is 169 Å². The summed E-state index contributed by atoms with van der Waals surface area (Å²) in [4.78, 5) is 24.7. The zero-order chi connectivity index (χ0) is 20.6. The van der Waals surface area contributed by atoms with Gasteiger partial charge in [-0.25, -0.2) is 9.97 Å². The van der Waals surface area contributed by atoms with Crippen molar-refractivity contribution in [1.82, 2.24) is 14.9 Å². The lowest BCUT2D eigenvalue weighted by molar-refractivity contribution is -0.167. The van der Waals surface area contributed by atoms with Gasteiger partial charge in [0.15, 0.2) is 0 Å². The first kappa shape index (κ1) is 19.6. The molecular weight excluding hydrogens is 403 g/mol. The number of carbonyl (C=O) groups excluding carboxylic acids is 1. The number of piperazine rings is 1. The molecule has 1 N–H and O–H groups in total. The highest BCUT2D eigenvalue weighted by atomic mass is 32.1. The molecule has 2 aromatic heterocycles. The van der Waals surface area contributed by atoms with Crippen molar-refractivity contribution in [2.24, 2.45) is 0 Å². The number of nitrogens with one attached hydrogen (secondary N) is 1. The summed E-state index contributed by atoms with van der Waals surface area (Å²) in [7, 11) is 2.10. The van der Waals surface area contributed by atoms with Crippen molar-refractivity contribution < 1.29 is 18.0 Å². The van der Waals surface area contributed by atoms with Crippen molar-refractivity contribution in [1.29, 1.82) is 0 Å². The van der Waals surface area contributed by atoms with Crippen LogP contribution in [0.2, 0.25) is 0 Å². The Bertz CT molecular complexity index is 1030. The van der Waals surface area contributed by atoms with Crippen LogP contribution in [0.3, 0.4) is 0 Å². The second-order valence-corrected chi connectivity index (χ2v) is 7.88. The molecule has 152 valence electrons. The van der Waals surface area contributed by atoms with Gasteiger partial charge in [0.05, 0.1) is 10.2 Å². The molecule has 0 spiro atoms. The van der Waals surface area contributed by atoms with Crippen LogP contribution in [-0.4, -0.2) is 60.2 Å². The molecule has 0 atom stereocenters. The minimum Gasteiger partial charge on any atom is -0.354 e. The second-order valence-electron chi connectivity index (χ2n) is 6.85. The number of carbonyl (C=O) groups is 1. The largest absolute Gasteiger partial charge is 0.471 e. The van der Waals surface area contributed by atoms with E-state index in [4.69, 9.17) is 0 Å². The van der Waals surface area contributed by atoms with Crippen LogP contribution >= 0.6 is 11.3 Å². The van der Waals surface area contributed by atoms with Crippen molar-refractivity contribution in [3.63, 3.8) is 0 Å². The molecule has 3 aromatic rings. The predicted octanol–water partition coefficient (Wildman–Crippen LogP) is 3.61. The Kier molecular flexibility index (Phi) is 5.13. The maximum Gasteiger partial charge on any atom is 0.471 e. The summed E-state index contributed by atoms with van der Waals surface area (Å²) in [6.45, 7) is 3.84. The van der Waals surface area contributed by atoms with Gasteiger partial charge in [0.1, 0.15) is 10.8 Å². The molecule has 1 aliphatic heterocycles. The molecule has 4 rings (SSSR count). The molecule has 0 radical (unpaired) electrons. The number of fused-ring (bicyclic) bond motifs is 1. The minimum atomic E-state index is -4.93. The van der Waals surface area contributed by atoms with E-state index in [0.717, 1.165) is 42.6 Å². The summed E-state index contributed by atoms with van der Waals surface area (Å²) in [6.07, 6.45) is -3.16. The van der Waals surface area contributed by atoms with Crippen LogP contribution < -0.4 is 10.2 Å². The van der Waals surface area contributed by atoms with Gasteiger partial charge in [0, 0.05) is 43.6 Å². The zero-order valence-electron chi connectivity index (χ0n) is 15.5. The lowest BCUT2D eigenvalue weighted by Crippen LogP contribution is -2.44. The van der Waals surface area contributed by atoms with Gasteiger partial charge in [-0.05, 0) is 37.4 Å². The molecular formula is C19H18F3N5OS. The van der Waals surface area contributed by atoms with Crippen LogP contribution in [0.4, 0.5) is 24.7 Å². The molecule has 10 heteroatoms. The third kappa shape index (κ3) is 4.33. The lowest BCUT2D eigenvalue weighted by atomic mass is 10.2. The number of benzene rings is 1. The van der Waals surface area contributed by atoms with Crippen molar-refractivity contribution >= 4 is 39.0 Å². The van der Waals surface area contributed by atoms with Crippen LogP contribution in [0.15, 0.2) is 36.5 Å². The topological polar surface area (TPSA) is 61.4 Å². The smallest absolute Gasteiger partial charge is 0.354 e. The highest BCUT2D eigenvalue weighted by Gasteiger charge is 2.38. The molecule has 1 fully saturated rings. The Hall–Kier alpha value is -2.72. The van der Waals surface area contributed by atoms with Gasteiger partial charge in [0.25, 0.3) is 0 Å². The molecule has 6 nitrogen and oxygen atoms in total. The summed E-state index contributed by atoms with van der Waals surface area (Å²) in [5.74, 6) is -1.08. The Morgan fingerprint density at radius 1 is 1.14 bits per heavy atom. The maximum absolute atomic E-state index is 12.4. The standard InChI is InChI=1S/C19H18F3N5OS/c1-26-6-8-27(9-7-26)16-5-2-12(11-23-16)17-25-14-4-3-13(10-15(14)29-17)24-18(28)19(20,21)22/h2-5,10-11H,6-9H2,1H3,(H,24,28). The quantitative estimate of drug-likeness (QED) is 0.700. The summed E-state index contributed by atoms with van der Waals surface area (Å²) in [5, 5.41) is 2.58. The number of anilines is 2. The zero-order valence-corrected chi connectivity index (χ0v) is 16.3. The van der Waals surface area contributed by atoms with E-state index < -0.39 is 12.1 Å². The summed E-state index contributed by atoms with van der Waals surface area (Å²) < 4.78 is 38.0. The second kappa shape index (κ2) is 7.60. The number of nitrogens with zero attached hydrogens (tertiary/aromatic N) is 4. The van der Waals surface area contributed by atoms with E-state index in [1.54, 1.807) is 12.3 Å². The number of rotatable bonds is 3. The number of hydrogen-bond acceptors (Lipinski definition) is 6. The van der Waals surface area contributed by atoms with Gasteiger partial charge >= 0.3 is 12.1 Å². The molecule has 1 amide bonds. The third-order valence-electron chi connectivity index (χ3n) is 4.73. The van der Waals surface area contributed by atoms with Crippen molar-refractivity contribution in [2.75, 3.05) is 43.4 Å². The van der Waals surface area contributed by atoms with Crippen LogP contribution in [-0.2, 0) is 4.79 Å². The van der Waals surface area contributed by atoms with E-state index in [1.165, 1.54) is 23.5 Å². The Balaban J connectivity index is 1.52. The number of alkyl halides is 3. The van der Waals surface area contributed by atoms with Crippen LogP contribution in [0.5, 0.6) is 0 Å². The number of amides is 1. The average Bonchev–Trinajstić information content (AvgIpc) is 3.11. The monoisotopic (exact) mass is 421 g/mol. The molecule has 1 aromatic carbocycles. The summed E-state index contributed by atoms with van der Waals surface area (Å²) >= 11 is 1.34. The first-order valence-electron chi connectivity index (χ1n) is 8.98. The van der Waals surface area contributed by atoms with E-state index in [0.29, 0.717) is 10.2 Å². The minimum absolute atomic E-state index is 0.0820. The summed E-state index contributed by atoms with van der Waals surface area (Å²) in [6, 6.07) is 8.40. The lowest BCUT2D eigenvalue weighted by Gasteiger charge is -2.33. The third-order valence-corrected chi connectivity index (χ3v) is 5.79. The maximum atomic E-state index is 12.4. The number of thiazole rings is 1. The van der Waals surface area contributed by atoms with Gasteiger partial charge in [0.2, 0.25) is 0 Å². The first-order chi connectivity index (χ1) is 13.8. The summed E-state index contributed by atoms with van der Waals surface area (Å²) in [5.41, 5.74) is 1.57. The molecule has 29 heavy (non-hydrogen) atoms. The SMILES string of the molecule is CN1CCN(c2ccc(-c3nc4ccc(NC(=O)C(F)(F)F)cc4s3)cn2)CC1. The number of pyridine rings is 1. The van der Waals surface area contributed by atoms with Gasteiger partial charge < -0.3 is 15.1 Å². The van der Waals surface area contributed by atoms with Crippen LogP contribution in [0.25, 0.3) is 20.8 Å². The fraction of sp³-hybridized carbons (Fsp3) is 0.316. The number of likely N-dealkylation sites (N-methyl/N-ethyl adjacent to an activating group) is 1. The highest BCUT2D eigenvalue weighted by Crippen LogP contribution is 2.32. The molecule has 1 aliphatic rings. The van der Waals surface area contributed by atoms with E-state index in [2.05, 4.69) is 26.8 Å². The van der Waals surface area contributed by atoms with Crippen molar-refractivity contribution in [3.05, 3.63) is 36.5 Å². The van der Waals surface area contributed by atoms with Gasteiger partial charge in [-0.2, -0.15) is 13.2 Å². The van der Waals surface area contributed by atoms with Gasteiger partial charge in [-0.15, -0.1) is 11.3 Å². The van der Waals surface area contributed by atoms with Crippen molar-refractivity contribution in [2.45, 2.75) is 6.18 Å². The fourth-order valence-electron chi connectivity index (χ4n) is 3.06. The fourth-order valence-corrected chi connectivity index (χ4v) is 4.06. The molecule has 0 bridgehead atoms. The predicted molar refractivity (Wildman–Crippen MR) is 107 cm³/mol. The normalized spacial score (nSPS) is 15.7. The van der Waals surface area contributed by atoms with E-state index in [9.17, 15) is 18.0 Å². The molecule has 0 saturated carbocycles. The molecule has 0 aliphatic carbocycles. The van der Waals surface area contributed by atoms with E-state index in [1.807, 2.05) is 17.4 Å². The Morgan fingerprint density at radius 3 is 2.55 bits per heavy atom. The number of halogens is 3. The van der Waals surface area contributed by atoms with E-state index >= 15 is 0 Å². The van der Waals surface area contributed by atoms with Crippen molar-refractivity contribution in [3.8, 4) is 10.6 Å². The van der Waals surface area contributed by atoms with E-state index in [-0.39, 0.29) is 5.69 Å². The molecule has 1 saturated heterocycles. The molecule has 3 heterocycles. The Morgan fingerprint density at radius 2 is 1.90 bits per heavy atom. The van der Waals surface area contributed by atoms with Crippen LogP contribution in [0, 0.1) is 0 Å². The van der Waals surface area contributed by atoms with Gasteiger partial charge in [-0.1, -0.05) is 0 Å². The first-order valence-corrected chi connectivity index (χ1v) is 9.80. The molecule has 0 unspecified atom stereocenters. The van der Waals surface area contributed by atoms with Crippen LogP contribution in [0.1, 0.15) is 0 Å². The van der Waals surface area contributed by atoms with Gasteiger partial charge in [-0.3, -0.25) is 4.79 Å². The average molecular weight is 421 g/mol.